The van der Waals surface area contributed by atoms with Crippen LogP contribution in [-0.4, -0.2) is 5.11 Å². The minimum atomic E-state index is -0.356. The van der Waals surface area contributed by atoms with Gasteiger partial charge in [-0.15, -0.1) is 0 Å². The quantitative estimate of drug-likeness (QED) is 0.925. The van der Waals surface area contributed by atoms with Gasteiger partial charge in [0.25, 0.3) is 0 Å². The van der Waals surface area contributed by atoms with Gasteiger partial charge in [-0.1, -0.05) is 23.7 Å². The van der Waals surface area contributed by atoms with E-state index in [4.69, 9.17) is 16.3 Å². The van der Waals surface area contributed by atoms with Crippen LogP contribution in [0.4, 0.5) is 4.39 Å². The summed E-state index contributed by atoms with van der Waals surface area (Å²) in [6.07, 6.45) is 1.28. The lowest BCUT2D eigenvalue weighted by molar-refractivity contribution is 0.180. The van der Waals surface area contributed by atoms with Gasteiger partial charge >= 0.3 is 0 Å². The number of aryl methyl sites for hydroxylation is 1. The number of rotatable bonds is 3. The van der Waals surface area contributed by atoms with E-state index >= 15 is 0 Å². The minimum absolute atomic E-state index is 0.292. The molecule has 2 nitrogen and oxygen atoms in total. The third-order valence-electron chi connectivity index (χ3n) is 3.57. The molecule has 2 aromatic rings. The Morgan fingerprint density at radius 1 is 1.25 bits per heavy atom. The van der Waals surface area contributed by atoms with Crippen LogP contribution >= 0.6 is 11.6 Å². The zero-order valence-corrected chi connectivity index (χ0v) is 11.5. The maximum Gasteiger partial charge on any atom is 0.124 e. The molecule has 3 rings (SSSR count). The number of hydrogen-bond acceptors (Lipinski definition) is 2. The van der Waals surface area contributed by atoms with Crippen LogP contribution in [0, 0.1) is 5.82 Å². The fraction of sp³-hybridized carbons (Fsp3) is 0.250. The normalized spacial score (nSPS) is 17.1. The number of hydrogen-bond donors (Lipinski definition) is 1. The maximum absolute atomic E-state index is 12.9. The van der Waals surface area contributed by atoms with Crippen molar-refractivity contribution in [1.82, 2.24) is 0 Å². The molecule has 0 fully saturated rings. The van der Waals surface area contributed by atoms with Crippen LogP contribution in [0.3, 0.4) is 0 Å². The molecule has 2 aromatic carbocycles. The van der Waals surface area contributed by atoms with Crippen molar-refractivity contribution in [3.63, 3.8) is 0 Å². The van der Waals surface area contributed by atoms with Crippen LogP contribution in [0.5, 0.6) is 5.75 Å². The molecule has 4 heteroatoms. The third-order valence-corrected chi connectivity index (χ3v) is 3.92. The fourth-order valence-electron chi connectivity index (χ4n) is 2.46. The van der Waals surface area contributed by atoms with Crippen LogP contribution in [0.1, 0.15) is 29.2 Å². The van der Waals surface area contributed by atoms with Gasteiger partial charge in [0, 0.05) is 5.56 Å². The maximum atomic E-state index is 12.9. The van der Waals surface area contributed by atoms with Crippen molar-refractivity contribution in [1.29, 1.82) is 0 Å². The van der Waals surface area contributed by atoms with Crippen LogP contribution in [0.15, 0.2) is 36.4 Å². The molecule has 1 unspecified atom stereocenters. The van der Waals surface area contributed by atoms with E-state index in [0.29, 0.717) is 11.6 Å². The highest BCUT2D eigenvalue weighted by molar-refractivity contribution is 6.31. The van der Waals surface area contributed by atoms with E-state index in [1.807, 2.05) is 18.2 Å². The highest BCUT2D eigenvalue weighted by Gasteiger charge is 2.20. The lowest BCUT2D eigenvalue weighted by Gasteiger charge is -2.10. The van der Waals surface area contributed by atoms with Gasteiger partial charge in [-0.3, -0.25) is 0 Å². The van der Waals surface area contributed by atoms with E-state index in [-0.39, 0.29) is 11.9 Å². The summed E-state index contributed by atoms with van der Waals surface area (Å²) < 4.78 is 18.6. The summed E-state index contributed by atoms with van der Waals surface area (Å²) >= 11 is 5.96. The Morgan fingerprint density at radius 3 is 2.90 bits per heavy atom. The average Bonchev–Trinajstić information content (AvgIpc) is 2.79. The standard InChI is InChI=1S/C16H14ClFO2/c17-15-8-12(18)3-1-11(15)9-20-13-4-5-14-10(7-13)2-6-16(14)19/h1,3-5,7-8,16,19H,2,6,9H2. The van der Waals surface area contributed by atoms with E-state index in [1.54, 1.807) is 6.07 Å². The van der Waals surface area contributed by atoms with Gasteiger partial charge in [0.05, 0.1) is 11.1 Å². The zero-order valence-electron chi connectivity index (χ0n) is 10.8. The van der Waals surface area contributed by atoms with Crippen molar-refractivity contribution in [3.8, 4) is 5.75 Å². The summed E-state index contributed by atoms with van der Waals surface area (Å²) in [5.74, 6) is 0.378. The summed E-state index contributed by atoms with van der Waals surface area (Å²) in [4.78, 5) is 0. The van der Waals surface area contributed by atoms with Crippen molar-refractivity contribution in [2.45, 2.75) is 25.6 Å². The lowest BCUT2D eigenvalue weighted by atomic mass is 10.1. The van der Waals surface area contributed by atoms with Gasteiger partial charge in [-0.25, -0.2) is 4.39 Å². The summed E-state index contributed by atoms with van der Waals surface area (Å²) in [6.45, 7) is 0.292. The van der Waals surface area contributed by atoms with E-state index in [0.717, 1.165) is 35.3 Å². The minimum Gasteiger partial charge on any atom is -0.489 e. The van der Waals surface area contributed by atoms with Crippen molar-refractivity contribution in [3.05, 3.63) is 63.9 Å². The molecule has 0 radical (unpaired) electrons. The number of aliphatic hydroxyl groups is 1. The molecule has 0 saturated heterocycles. The van der Waals surface area contributed by atoms with Crippen LogP contribution < -0.4 is 4.74 Å². The summed E-state index contributed by atoms with van der Waals surface area (Å²) in [6, 6.07) is 9.94. The Kier molecular flexibility index (Phi) is 3.64. The summed E-state index contributed by atoms with van der Waals surface area (Å²) in [5, 5.41) is 10.1. The zero-order chi connectivity index (χ0) is 14.1. The smallest absolute Gasteiger partial charge is 0.124 e. The molecule has 104 valence electrons. The largest absolute Gasteiger partial charge is 0.489 e. The number of halogens is 2. The van der Waals surface area contributed by atoms with Crippen LogP contribution in [0.25, 0.3) is 0 Å². The highest BCUT2D eigenvalue weighted by atomic mass is 35.5. The number of fused-ring (bicyclic) bond motifs is 1. The topological polar surface area (TPSA) is 29.5 Å². The van der Waals surface area contributed by atoms with Gasteiger partial charge in [0.15, 0.2) is 0 Å². The van der Waals surface area contributed by atoms with Gasteiger partial charge in [0.1, 0.15) is 18.2 Å². The van der Waals surface area contributed by atoms with E-state index in [1.165, 1.54) is 12.1 Å². The Morgan fingerprint density at radius 2 is 2.10 bits per heavy atom. The Bertz CT molecular complexity index is 642. The molecular formula is C16H14ClFO2. The van der Waals surface area contributed by atoms with E-state index in [2.05, 4.69) is 0 Å². The third kappa shape index (κ3) is 2.65. The van der Waals surface area contributed by atoms with Gasteiger partial charge in [-0.05, 0) is 48.2 Å². The molecule has 0 saturated carbocycles. The molecule has 0 bridgehead atoms. The monoisotopic (exact) mass is 292 g/mol. The van der Waals surface area contributed by atoms with Crippen molar-refractivity contribution in [2.75, 3.05) is 0 Å². The first-order chi connectivity index (χ1) is 9.63. The van der Waals surface area contributed by atoms with Crippen molar-refractivity contribution < 1.29 is 14.2 Å². The number of ether oxygens (including phenoxy) is 1. The summed E-state index contributed by atoms with van der Waals surface area (Å²) in [5.41, 5.74) is 2.85. The molecule has 0 amide bonds. The molecule has 0 aromatic heterocycles. The van der Waals surface area contributed by atoms with Crippen molar-refractivity contribution in [2.24, 2.45) is 0 Å². The first-order valence-electron chi connectivity index (χ1n) is 6.51. The SMILES string of the molecule is OC1CCc2cc(OCc3ccc(F)cc3Cl)ccc21. The van der Waals surface area contributed by atoms with Crippen LogP contribution in [-0.2, 0) is 13.0 Å². The van der Waals surface area contributed by atoms with Gasteiger partial charge in [-0.2, -0.15) is 0 Å². The molecule has 1 atom stereocenters. The predicted octanol–water partition coefficient (Wildman–Crippen LogP) is 4.04. The molecular weight excluding hydrogens is 279 g/mol. The molecule has 0 spiro atoms. The molecule has 1 N–H and O–H groups in total. The summed E-state index contributed by atoms with van der Waals surface area (Å²) in [7, 11) is 0. The second-order valence-corrected chi connectivity index (χ2v) is 5.35. The molecule has 0 aliphatic heterocycles. The first-order valence-corrected chi connectivity index (χ1v) is 6.89. The predicted molar refractivity (Wildman–Crippen MR) is 75.5 cm³/mol. The van der Waals surface area contributed by atoms with Gasteiger partial charge < -0.3 is 9.84 Å². The second kappa shape index (κ2) is 5.43. The number of benzene rings is 2. The average molecular weight is 293 g/mol. The molecule has 1 aliphatic carbocycles. The van der Waals surface area contributed by atoms with Crippen LogP contribution in [0.2, 0.25) is 5.02 Å². The Balaban J connectivity index is 1.73. The highest BCUT2D eigenvalue weighted by Crippen LogP contribution is 2.33. The van der Waals surface area contributed by atoms with E-state index in [9.17, 15) is 9.50 Å². The first kappa shape index (κ1) is 13.4. The van der Waals surface area contributed by atoms with Gasteiger partial charge in [0.2, 0.25) is 0 Å². The fourth-order valence-corrected chi connectivity index (χ4v) is 2.68. The number of aliphatic hydroxyl groups excluding tert-OH is 1. The Hall–Kier alpha value is -1.58. The Labute approximate surface area is 121 Å². The molecule has 20 heavy (non-hydrogen) atoms. The molecule has 1 aliphatic rings. The lowest BCUT2D eigenvalue weighted by Crippen LogP contribution is -1.98. The molecule has 0 heterocycles. The second-order valence-electron chi connectivity index (χ2n) is 4.94. The van der Waals surface area contributed by atoms with Crippen molar-refractivity contribution >= 4 is 11.6 Å². The van der Waals surface area contributed by atoms with E-state index < -0.39 is 0 Å².